The van der Waals surface area contributed by atoms with Crippen molar-refractivity contribution in [2.45, 2.75) is 51.8 Å². The van der Waals surface area contributed by atoms with Crippen molar-refractivity contribution in [3.8, 4) is 0 Å². The van der Waals surface area contributed by atoms with Gasteiger partial charge >= 0.3 is 117 Å². The maximum atomic E-state index is 6.17. The molecule has 0 bridgehead atoms. The number of hydrogen-bond donors (Lipinski definition) is 0. The van der Waals surface area contributed by atoms with E-state index in [0.717, 1.165) is 0 Å². The van der Waals surface area contributed by atoms with Gasteiger partial charge < -0.3 is 5.48 Å². The quantitative estimate of drug-likeness (QED) is 0.558. The summed E-state index contributed by atoms with van der Waals surface area (Å²) >= 11 is -8.02. The molecule has 0 heterocycles. The Kier molecular flexibility index (Phi) is 9.72. The third-order valence-electron chi connectivity index (χ3n) is 1.05. The summed E-state index contributed by atoms with van der Waals surface area (Å²) in [5.41, 5.74) is 0. The largest absolute Gasteiger partial charge is 2.00 e. The molecular weight excluding hydrogens is 441 g/mol. The minimum absolute atomic E-state index is 0. The summed E-state index contributed by atoms with van der Waals surface area (Å²) in [6, 6.07) is 0. The predicted molar refractivity (Wildman–Crippen MR) is 74.0 cm³/mol. The van der Waals surface area contributed by atoms with E-state index in [1.54, 1.807) is 0 Å². The van der Waals surface area contributed by atoms with Crippen LogP contribution >= 0.6 is 0 Å². The predicted octanol–water partition coefficient (Wildman–Crippen LogP) is 3.79. The van der Waals surface area contributed by atoms with Crippen LogP contribution in [0.3, 0.4) is 0 Å². The first kappa shape index (κ1) is 21.4. The second-order valence-electron chi connectivity index (χ2n) is 6.83. The van der Waals surface area contributed by atoms with Crippen molar-refractivity contribution in [2.75, 3.05) is 0 Å². The molecule has 0 fully saturated rings. The Labute approximate surface area is 121 Å². The second-order valence-corrected chi connectivity index (χ2v) is 39.7. The Balaban J connectivity index is 0. The van der Waals surface area contributed by atoms with Gasteiger partial charge in [0.2, 0.25) is 0 Å². The maximum absolute atomic E-state index is 6.17. The molecule has 0 atom stereocenters. The van der Waals surface area contributed by atoms with Crippen LogP contribution in [0.4, 0.5) is 0 Å². The summed E-state index contributed by atoms with van der Waals surface area (Å²) in [6.07, 6.45) is 0. The van der Waals surface area contributed by atoms with Crippen LogP contribution in [-0.4, -0.2) is 40.8 Å². The first-order valence-corrected chi connectivity index (χ1v) is 28.8. The molecular formula is C9H27Ge3O4V. The zero-order valence-electron chi connectivity index (χ0n) is 12.6. The molecule has 0 aliphatic rings. The van der Waals surface area contributed by atoms with Gasteiger partial charge in [-0.15, -0.1) is 0 Å². The summed E-state index contributed by atoms with van der Waals surface area (Å²) in [7, 11) is 0. The summed E-state index contributed by atoms with van der Waals surface area (Å²) < 4.78 is 18.5. The Morgan fingerprint density at radius 3 is 0.824 bits per heavy atom. The molecule has 0 N–H and O–H groups in total. The molecule has 0 aromatic carbocycles. The molecule has 0 radical (unpaired) electrons. The third kappa shape index (κ3) is 16.0. The van der Waals surface area contributed by atoms with E-state index in [4.69, 9.17) is 8.07 Å². The van der Waals surface area contributed by atoms with E-state index in [2.05, 4.69) is 51.8 Å². The first-order valence-electron chi connectivity index (χ1n) is 5.66. The molecule has 0 aromatic heterocycles. The Morgan fingerprint density at radius 1 is 0.529 bits per heavy atom. The van der Waals surface area contributed by atoms with E-state index in [0.29, 0.717) is 0 Å². The Bertz CT molecular complexity index is 182. The third-order valence-corrected chi connectivity index (χ3v) is 22.4. The number of rotatable bonds is 6. The fraction of sp³-hybridized carbons (Fsp3) is 1.00. The van der Waals surface area contributed by atoms with Crippen LogP contribution in [0.2, 0.25) is 51.8 Å². The SMILES string of the molecule is [CH3][Ge]([CH3])([CH3])[O][V+2]([O][Ge]([CH3])([CH3])[CH3])[O][Ge]([CH3])([CH3])[CH3].[O-2]. The van der Waals surface area contributed by atoms with Crippen LogP contribution in [0.25, 0.3) is 0 Å². The van der Waals surface area contributed by atoms with E-state index in [1.165, 1.54) is 0 Å². The molecule has 4 nitrogen and oxygen atoms in total. The Morgan fingerprint density at radius 2 is 0.706 bits per heavy atom. The van der Waals surface area contributed by atoms with Crippen molar-refractivity contribution in [2.24, 2.45) is 0 Å². The summed E-state index contributed by atoms with van der Waals surface area (Å²) in [5, 5.41) is 0. The Hall–Kier alpha value is 2.05. The smallest absolute Gasteiger partial charge is 2.00 e. The van der Waals surface area contributed by atoms with Gasteiger partial charge in [0.1, 0.15) is 0 Å². The van der Waals surface area contributed by atoms with Gasteiger partial charge in [0.15, 0.2) is 0 Å². The fourth-order valence-corrected chi connectivity index (χ4v) is 20.6. The fourth-order valence-electron chi connectivity index (χ4n) is 0.727. The van der Waals surface area contributed by atoms with Gasteiger partial charge in [-0.05, 0) is 0 Å². The molecule has 0 amide bonds. The van der Waals surface area contributed by atoms with Gasteiger partial charge in [0.25, 0.3) is 0 Å². The van der Waals surface area contributed by atoms with E-state index in [9.17, 15) is 0 Å². The van der Waals surface area contributed by atoms with Crippen molar-refractivity contribution >= 4 is 40.8 Å². The minimum Gasteiger partial charge on any atom is -2.00 e. The van der Waals surface area contributed by atoms with Crippen LogP contribution in [0.15, 0.2) is 0 Å². The van der Waals surface area contributed by atoms with Crippen LogP contribution in [0, 0.1) is 0 Å². The molecule has 0 unspecified atom stereocenters. The van der Waals surface area contributed by atoms with Crippen molar-refractivity contribution < 1.29 is 29.8 Å². The molecule has 0 aromatic rings. The zero-order valence-corrected chi connectivity index (χ0v) is 20.3. The second kappa shape index (κ2) is 7.73. The van der Waals surface area contributed by atoms with Gasteiger partial charge in [-0.3, -0.25) is 0 Å². The molecule has 8 heteroatoms. The summed E-state index contributed by atoms with van der Waals surface area (Å²) in [6.45, 7) is 0. The molecule has 0 saturated heterocycles. The van der Waals surface area contributed by atoms with Crippen molar-refractivity contribution in [1.82, 2.24) is 0 Å². The van der Waals surface area contributed by atoms with E-state index < -0.39 is 57.0 Å². The first-order chi connectivity index (χ1) is 6.79. The summed E-state index contributed by atoms with van der Waals surface area (Å²) in [4.78, 5) is 0. The molecule has 0 saturated carbocycles. The van der Waals surface area contributed by atoms with Crippen LogP contribution in [-0.2, 0) is 29.8 Å². The molecule has 0 aliphatic carbocycles. The van der Waals surface area contributed by atoms with Gasteiger partial charge in [-0.2, -0.15) is 0 Å². The van der Waals surface area contributed by atoms with Crippen LogP contribution < -0.4 is 0 Å². The van der Waals surface area contributed by atoms with Gasteiger partial charge in [-0.25, -0.2) is 0 Å². The van der Waals surface area contributed by atoms with Crippen molar-refractivity contribution in [1.29, 1.82) is 0 Å². The van der Waals surface area contributed by atoms with Gasteiger partial charge in [0, 0.05) is 0 Å². The van der Waals surface area contributed by atoms with Gasteiger partial charge in [0.05, 0.1) is 0 Å². The average Bonchev–Trinajstić information content (AvgIpc) is 1.70. The number of hydrogen-bond acceptors (Lipinski definition) is 3. The monoisotopic (exact) mass is 472 g/mol. The molecule has 0 spiro atoms. The topological polar surface area (TPSA) is 56.2 Å². The normalized spacial score (nSPS) is 13.2. The van der Waals surface area contributed by atoms with Crippen molar-refractivity contribution in [3.05, 3.63) is 0 Å². The van der Waals surface area contributed by atoms with E-state index >= 15 is 0 Å². The summed E-state index contributed by atoms with van der Waals surface area (Å²) in [5.74, 6) is 20.2. The van der Waals surface area contributed by atoms with E-state index in [1.807, 2.05) is 0 Å². The maximum Gasteiger partial charge on any atom is -2.00 e. The zero-order chi connectivity index (χ0) is 13.2. The molecule has 0 rings (SSSR count). The molecule has 0 aliphatic heterocycles. The van der Waals surface area contributed by atoms with Crippen molar-refractivity contribution in [3.63, 3.8) is 0 Å². The average molecular weight is 468 g/mol. The molecule has 104 valence electrons. The van der Waals surface area contributed by atoms with E-state index in [-0.39, 0.29) is 5.48 Å². The van der Waals surface area contributed by atoms with Crippen LogP contribution in [0.1, 0.15) is 0 Å². The van der Waals surface area contributed by atoms with Gasteiger partial charge in [-0.1, -0.05) is 0 Å². The molecule has 17 heavy (non-hydrogen) atoms. The van der Waals surface area contributed by atoms with Crippen LogP contribution in [0.5, 0.6) is 0 Å². The standard InChI is InChI=1S/3C3H9GeO.O.V/c3*1-4(2,3)5;;/h3*1-3H3;;/q3*-1;-2;+5. The minimum atomic E-state index is -2.03.